The van der Waals surface area contributed by atoms with Gasteiger partial charge in [0, 0.05) is 6.07 Å². The Hall–Kier alpha value is -2.17. The molecule has 0 aliphatic carbocycles. The fourth-order valence-electron chi connectivity index (χ4n) is 1.46. The lowest BCUT2D eigenvalue weighted by Crippen LogP contribution is -2.01. The average molecular weight is 234 g/mol. The Bertz CT molecular complexity index is 469. The Morgan fingerprint density at radius 2 is 2.18 bits per heavy atom. The first-order chi connectivity index (χ1) is 8.33. The summed E-state index contributed by atoms with van der Waals surface area (Å²) in [6, 6.07) is 5.56. The normalized spacial score (nSPS) is 10.0. The van der Waals surface area contributed by atoms with Crippen molar-refractivity contribution in [3.63, 3.8) is 0 Å². The van der Waals surface area contributed by atoms with Crippen molar-refractivity contribution in [1.29, 1.82) is 0 Å². The van der Waals surface area contributed by atoms with Crippen molar-refractivity contribution in [3.05, 3.63) is 36.5 Å². The van der Waals surface area contributed by atoms with Crippen LogP contribution in [-0.4, -0.2) is 19.2 Å². The van der Waals surface area contributed by atoms with Crippen LogP contribution in [0.3, 0.4) is 0 Å². The van der Waals surface area contributed by atoms with E-state index >= 15 is 0 Å². The number of benzene rings is 1. The van der Waals surface area contributed by atoms with Gasteiger partial charge >= 0.3 is 0 Å². The van der Waals surface area contributed by atoms with Crippen molar-refractivity contribution < 1.29 is 13.9 Å². The molecule has 0 radical (unpaired) electrons. The lowest BCUT2D eigenvalue weighted by atomic mass is 10.2. The van der Waals surface area contributed by atoms with E-state index < -0.39 is 0 Å². The second-order valence-corrected chi connectivity index (χ2v) is 3.39. The predicted molar refractivity (Wildman–Crippen MR) is 63.4 cm³/mol. The molecule has 90 valence electrons. The fourth-order valence-corrected chi connectivity index (χ4v) is 1.46. The molecule has 0 amide bonds. The molecule has 0 spiro atoms. The molecule has 5 heteroatoms. The third-order valence-electron chi connectivity index (χ3n) is 2.34. The molecule has 0 fully saturated rings. The predicted octanol–water partition coefficient (Wildman–Crippen LogP) is 2.30. The van der Waals surface area contributed by atoms with Gasteiger partial charge in [-0.2, -0.15) is 0 Å². The van der Waals surface area contributed by atoms with Crippen molar-refractivity contribution >= 4 is 5.69 Å². The summed E-state index contributed by atoms with van der Waals surface area (Å²) < 4.78 is 15.6. The van der Waals surface area contributed by atoms with Gasteiger partial charge in [0.15, 0.2) is 6.39 Å². The minimum atomic E-state index is 0.545. The molecule has 2 rings (SSSR count). The zero-order valence-electron chi connectivity index (χ0n) is 9.77. The monoisotopic (exact) mass is 234 g/mol. The van der Waals surface area contributed by atoms with Crippen LogP contribution in [0.15, 0.2) is 35.2 Å². The van der Waals surface area contributed by atoms with Crippen LogP contribution in [0, 0.1) is 0 Å². The number of nitrogens with zero attached hydrogens (tertiary/aromatic N) is 1. The van der Waals surface area contributed by atoms with Gasteiger partial charge in [0.2, 0.25) is 0 Å². The van der Waals surface area contributed by atoms with Gasteiger partial charge in [-0.25, -0.2) is 4.98 Å². The minimum Gasteiger partial charge on any atom is -0.497 e. The Morgan fingerprint density at radius 1 is 1.29 bits per heavy atom. The van der Waals surface area contributed by atoms with Crippen LogP contribution < -0.4 is 14.8 Å². The van der Waals surface area contributed by atoms with Crippen LogP contribution in [0.1, 0.15) is 5.76 Å². The summed E-state index contributed by atoms with van der Waals surface area (Å²) in [5.41, 5.74) is 0.850. The van der Waals surface area contributed by atoms with Gasteiger partial charge in [-0.1, -0.05) is 0 Å². The Kier molecular flexibility index (Phi) is 3.49. The molecule has 5 nitrogen and oxygen atoms in total. The number of rotatable bonds is 5. The van der Waals surface area contributed by atoms with E-state index in [0.717, 1.165) is 22.9 Å². The third kappa shape index (κ3) is 2.69. The molecule has 0 atom stereocenters. The zero-order chi connectivity index (χ0) is 12.1. The van der Waals surface area contributed by atoms with Gasteiger partial charge in [-0.15, -0.1) is 0 Å². The first kappa shape index (κ1) is 11.3. The van der Waals surface area contributed by atoms with E-state index in [1.807, 2.05) is 18.2 Å². The van der Waals surface area contributed by atoms with Crippen LogP contribution in [0.4, 0.5) is 5.69 Å². The van der Waals surface area contributed by atoms with E-state index in [0.29, 0.717) is 6.54 Å². The molecule has 0 saturated carbocycles. The first-order valence-corrected chi connectivity index (χ1v) is 5.16. The molecule has 17 heavy (non-hydrogen) atoms. The number of aromatic nitrogens is 1. The maximum Gasteiger partial charge on any atom is 0.180 e. The highest BCUT2D eigenvalue weighted by Gasteiger charge is 2.05. The van der Waals surface area contributed by atoms with Crippen molar-refractivity contribution in [2.45, 2.75) is 6.54 Å². The van der Waals surface area contributed by atoms with E-state index in [1.165, 1.54) is 6.39 Å². The Labute approximate surface area is 99.4 Å². The Morgan fingerprint density at radius 3 is 2.82 bits per heavy atom. The second kappa shape index (κ2) is 5.25. The van der Waals surface area contributed by atoms with E-state index in [1.54, 1.807) is 20.4 Å². The summed E-state index contributed by atoms with van der Waals surface area (Å²) in [7, 11) is 3.25. The highest BCUT2D eigenvalue weighted by molar-refractivity contribution is 5.59. The van der Waals surface area contributed by atoms with Gasteiger partial charge in [-0.05, 0) is 12.1 Å². The summed E-state index contributed by atoms with van der Waals surface area (Å²) >= 11 is 0. The number of hydrogen-bond donors (Lipinski definition) is 1. The van der Waals surface area contributed by atoms with E-state index in [4.69, 9.17) is 13.9 Å². The largest absolute Gasteiger partial charge is 0.497 e. The number of anilines is 1. The van der Waals surface area contributed by atoms with Gasteiger partial charge in [-0.3, -0.25) is 0 Å². The quantitative estimate of drug-likeness (QED) is 0.860. The molecular formula is C12H14N2O3. The van der Waals surface area contributed by atoms with E-state index in [2.05, 4.69) is 10.3 Å². The number of ether oxygens (including phenoxy) is 2. The van der Waals surface area contributed by atoms with Gasteiger partial charge in [0.05, 0.1) is 32.6 Å². The van der Waals surface area contributed by atoms with Gasteiger partial charge < -0.3 is 19.2 Å². The van der Waals surface area contributed by atoms with Crippen LogP contribution >= 0.6 is 0 Å². The smallest absolute Gasteiger partial charge is 0.180 e. The average Bonchev–Trinajstić information content (AvgIpc) is 2.89. The van der Waals surface area contributed by atoms with E-state index in [-0.39, 0.29) is 0 Å². The SMILES string of the molecule is COc1ccc(OC)c(NCc2cnco2)c1. The molecule has 0 unspecified atom stereocenters. The van der Waals surface area contributed by atoms with Crippen LogP contribution in [0.25, 0.3) is 0 Å². The van der Waals surface area contributed by atoms with Crippen LogP contribution in [0.5, 0.6) is 11.5 Å². The number of nitrogens with one attached hydrogen (secondary N) is 1. The van der Waals surface area contributed by atoms with Crippen molar-refractivity contribution in [1.82, 2.24) is 4.98 Å². The Balaban J connectivity index is 2.12. The maximum atomic E-state index is 5.25. The molecule has 1 aromatic carbocycles. The summed E-state index contributed by atoms with van der Waals surface area (Å²) in [4.78, 5) is 3.85. The molecular weight excluding hydrogens is 220 g/mol. The first-order valence-electron chi connectivity index (χ1n) is 5.16. The number of methoxy groups -OCH3 is 2. The summed E-state index contributed by atoms with van der Waals surface area (Å²) in [6.45, 7) is 0.545. The highest BCUT2D eigenvalue weighted by Crippen LogP contribution is 2.29. The standard InChI is InChI=1S/C12H14N2O3/c1-15-9-3-4-12(16-2)11(5-9)14-7-10-6-13-8-17-10/h3-6,8,14H,7H2,1-2H3. The van der Waals surface area contributed by atoms with Crippen molar-refractivity contribution in [3.8, 4) is 11.5 Å². The molecule has 1 N–H and O–H groups in total. The number of oxazole rings is 1. The topological polar surface area (TPSA) is 56.5 Å². The van der Waals surface area contributed by atoms with Gasteiger partial charge in [0.1, 0.15) is 17.3 Å². The second-order valence-electron chi connectivity index (χ2n) is 3.39. The van der Waals surface area contributed by atoms with Crippen molar-refractivity contribution in [2.75, 3.05) is 19.5 Å². The molecule has 0 bridgehead atoms. The van der Waals surface area contributed by atoms with Crippen LogP contribution in [0.2, 0.25) is 0 Å². The highest BCUT2D eigenvalue weighted by atomic mass is 16.5. The lowest BCUT2D eigenvalue weighted by Gasteiger charge is -2.11. The lowest BCUT2D eigenvalue weighted by molar-refractivity contribution is 0.404. The van der Waals surface area contributed by atoms with Crippen LogP contribution in [-0.2, 0) is 6.54 Å². The molecule has 0 aliphatic heterocycles. The molecule has 1 heterocycles. The fraction of sp³-hybridized carbons (Fsp3) is 0.250. The summed E-state index contributed by atoms with van der Waals surface area (Å²) in [5.74, 6) is 2.28. The maximum absolute atomic E-state index is 5.25. The minimum absolute atomic E-state index is 0.545. The number of hydrogen-bond acceptors (Lipinski definition) is 5. The molecule has 2 aromatic rings. The summed E-state index contributed by atoms with van der Waals surface area (Å²) in [6.07, 6.45) is 3.07. The van der Waals surface area contributed by atoms with Gasteiger partial charge in [0.25, 0.3) is 0 Å². The summed E-state index contributed by atoms with van der Waals surface area (Å²) in [5, 5.41) is 3.20. The zero-order valence-corrected chi connectivity index (χ0v) is 9.77. The molecule has 0 aliphatic rings. The van der Waals surface area contributed by atoms with E-state index in [9.17, 15) is 0 Å². The molecule has 1 aromatic heterocycles. The molecule has 0 saturated heterocycles. The van der Waals surface area contributed by atoms with Crippen molar-refractivity contribution in [2.24, 2.45) is 0 Å². The third-order valence-corrected chi connectivity index (χ3v) is 2.34.